The number of rotatable bonds is 6. The highest BCUT2D eigenvalue weighted by Gasteiger charge is 2.25. The van der Waals surface area contributed by atoms with Crippen LogP contribution in [-0.2, 0) is 16.4 Å². The van der Waals surface area contributed by atoms with E-state index in [2.05, 4.69) is 42.8 Å². The zero-order valence-corrected chi connectivity index (χ0v) is 15.2. The summed E-state index contributed by atoms with van der Waals surface area (Å²) < 4.78 is 24.6. The maximum Gasteiger partial charge on any atom is 0.211 e. The maximum absolute atomic E-state index is 11.5. The third kappa shape index (κ3) is 4.98. The van der Waals surface area contributed by atoms with Gasteiger partial charge in [-0.25, -0.2) is 12.7 Å². The molecule has 0 aromatic heterocycles. The molecule has 1 aromatic rings. The van der Waals surface area contributed by atoms with E-state index in [1.807, 2.05) is 0 Å². The van der Waals surface area contributed by atoms with Gasteiger partial charge in [0.1, 0.15) is 0 Å². The lowest BCUT2D eigenvalue weighted by Crippen LogP contribution is -2.47. The fraction of sp³-hybridized carbons (Fsp3) is 0.625. The molecule has 1 atom stereocenters. The molecule has 1 aliphatic rings. The average Bonchev–Trinajstić information content (AvgIpc) is 2.47. The van der Waals surface area contributed by atoms with Gasteiger partial charge in [-0.1, -0.05) is 18.2 Å². The fourth-order valence-electron chi connectivity index (χ4n) is 3.02. The van der Waals surface area contributed by atoms with Gasteiger partial charge in [0.25, 0.3) is 0 Å². The first-order valence-electron chi connectivity index (χ1n) is 7.73. The number of thioether (sulfide) groups is 1. The predicted molar refractivity (Wildman–Crippen MR) is 94.0 cm³/mol. The second kappa shape index (κ2) is 7.81. The normalized spacial score (nSPS) is 19.2. The molecule has 0 spiro atoms. The van der Waals surface area contributed by atoms with Gasteiger partial charge in [-0.15, -0.1) is 11.8 Å². The van der Waals surface area contributed by atoms with Crippen molar-refractivity contribution >= 4 is 21.8 Å². The van der Waals surface area contributed by atoms with Gasteiger partial charge < -0.3 is 5.32 Å². The van der Waals surface area contributed by atoms with Gasteiger partial charge in [-0.3, -0.25) is 0 Å². The number of sulfonamides is 1. The van der Waals surface area contributed by atoms with Crippen LogP contribution in [0.25, 0.3) is 0 Å². The Morgan fingerprint density at radius 2 is 1.95 bits per heavy atom. The van der Waals surface area contributed by atoms with E-state index >= 15 is 0 Å². The van der Waals surface area contributed by atoms with Crippen LogP contribution < -0.4 is 5.32 Å². The molecule has 1 aromatic carbocycles. The van der Waals surface area contributed by atoms with Crippen LogP contribution in [0, 0.1) is 0 Å². The summed E-state index contributed by atoms with van der Waals surface area (Å²) in [5.41, 5.74) is 1.38. The van der Waals surface area contributed by atoms with Gasteiger partial charge in [0.15, 0.2) is 0 Å². The molecule has 0 radical (unpaired) electrons. The zero-order valence-electron chi connectivity index (χ0n) is 13.6. The summed E-state index contributed by atoms with van der Waals surface area (Å²) in [6.45, 7) is 3.47. The highest BCUT2D eigenvalue weighted by atomic mass is 32.2. The molecule has 0 bridgehead atoms. The topological polar surface area (TPSA) is 49.4 Å². The molecule has 1 N–H and O–H groups in total. The molecule has 6 heteroatoms. The van der Waals surface area contributed by atoms with Gasteiger partial charge in [-0.05, 0) is 44.1 Å². The van der Waals surface area contributed by atoms with Crippen LogP contribution in [0.15, 0.2) is 29.2 Å². The number of benzene rings is 1. The quantitative estimate of drug-likeness (QED) is 0.806. The minimum atomic E-state index is -3.03. The number of nitrogens with zero attached hydrogens (tertiary/aromatic N) is 1. The molecule has 0 aliphatic carbocycles. The number of piperidine rings is 1. The average molecular weight is 343 g/mol. The van der Waals surface area contributed by atoms with Crippen LogP contribution in [0.3, 0.4) is 0 Å². The van der Waals surface area contributed by atoms with Crippen LogP contribution in [-0.4, -0.2) is 50.4 Å². The molecule has 0 saturated carbocycles. The van der Waals surface area contributed by atoms with E-state index in [4.69, 9.17) is 0 Å². The molecule has 22 heavy (non-hydrogen) atoms. The van der Waals surface area contributed by atoms with E-state index < -0.39 is 10.0 Å². The number of hydrogen-bond acceptors (Lipinski definition) is 4. The summed E-state index contributed by atoms with van der Waals surface area (Å²) in [5.74, 6) is 0. The lowest BCUT2D eigenvalue weighted by Gasteiger charge is -2.32. The molecule has 0 amide bonds. The van der Waals surface area contributed by atoms with Crippen molar-refractivity contribution in [3.05, 3.63) is 29.8 Å². The van der Waals surface area contributed by atoms with E-state index in [1.165, 1.54) is 16.7 Å². The van der Waals surface area contributed by atoms with Crippen molar-refractivity contribution in [3.8, 4) is 0 Å². The minimum absolute atomic E-state index is 0.392. The van der Waals surface area contributed by atoms with Crippen molar-refractivity contribution in [2.24, 2.45) is 0 Å². The Kier molecular flexibility index (Phi) is 6.32. The maximum atomic E-state index is 11.5. The van der Waals surface area contributed by atoms with Crippen molar-refractivity contribution in [3.63, 3.8) is 0 Å². The molecule has 1 fully saturated rings. The van der Waals surface area contributed by atoms with E-state index in [1.54, 1.807) is 16.1 Å². The largest absolute Gasteiger partial charge is 0.311 e. The third-order valence-corrected chi connectivity index (χ3v) is 6.30. The Morgan fingerprint density at radius 1 is 1.32 bits per heavy atom. The summed E-state index contributed by atoms with van der Waals surface area (Å²) in [5, 5.41) is 3.66. The summed E-state index contributed by atoms with van der Waals surface area (Å²) >= 11 is 1.79. The highest BCUT2D eigenvalue weighted by molar-refractivity contribution is 7.98. The van der Waals surface area contributed by atoms with Crippen LogP contribution in [0.1, 0.15) is 25.3 Å². The zero-order chi connectivity index (χ0) is 16.2. The SMILES string of the molecule is CSc1ccccc1C[C@@H](C)NC1CCN(S(C)(=O)=O)CC1. The predicted octanol–water partition coefficient (Wildman–Crippen LogP) is 2.35. The fourth-order valence-corrected chi connectivity index (χ4v) is 4.52. The van der Waals surface area contributed by atoms with Gasteiger partial charge in [-0.2, -0.15) is 0 Å². The van der Waals surface area contributed by atoms with Gasteiger partial charge in [0.2, 0.25) is 10.0 Å². The second-order valence-corrected chi connectivity index (χ2v) is 8.85. The molecular formula is C16H26N2O2S2. The van der Waals surface area contributed by atoms with E-state index in [0.29, 0.717) is 25.2 Å². The van der Waals surface area contributed by atoms with Crippen molar-refractivity contribution in [1.82, 2.24) is 9.62 Å². The monoisotopic (exact) mass is 342 g/mol. The summed E-state index contributed by atoms with van der Waals surface area (Å²) in [4.78, 5) is 1.34. The Labute approximate surface area is 138 Å². The lowest BCUT2D eigenvalue weighted by atomic mass is 10.0. The van der Waals surface area contributed by atoms with Crippen molar-refractivity contribution in [2.75, 3.05) is 25.6 Å². The molecule has 124 valence electrons. The van der Waals surface area contributed by atoms with Gasteiger partial charge in [0, 0.05) is 30.1 Å². The smallest absolute Gasteiger partial charge is 0.211 e. The number of nitrogens with one attached hydrogen (secondary N) is 1. The highest BCUT2D eigenvalue weighted by Crippen LogP contribution is 2.21. The molecule has 2 rings (SSSR count). The Hall–Kier alpha value is -0.560. The van der Waals surface area contributed by atoms with Gasteiger partial charge in [0.05, 0.1) is 6.26 Å². The van der Waals surface area contributed by atoms with Crippen molar-refractivity contribution in [1.29, 1.82) is 0 Å². The van der Waals surface area contributed by atoms with E-state index in [-0.39, 0.29) is 0 Å². The van der Waals surface area contributed by atoms with Crippen LogP contribution in [0.2, 0.25) is 0 Å². The molecular weight excluding hydrogens is 316 g/mol. The van der Waals surface area contributed by atoms with Crippen LogP contribution in [0.4, 0.5) is 0 Å². The Balaban J connectivity index is 1.85. The van der Waals surface area contributed by atoms with Crippen molar-refractivity contribution < 1.29 is 8.42 Å². The summed E-state index contributed by atoms with van der Waals surface area (Å²) in [6.07, 6.45) is 6.19. The molecule has 0 unspecified atom stereocenters. The molecule has 4 nitrogen and oxygen atoms in total. The Morgan fingerprint density at radius 3 is 2.55 bits per heavy atom. The summed E-state index contributed by atoms with van der Waals surface area (Å²) in [7, 11) is -3.03. The molecule has 1 heterocycles. The number of hydrogen-bond donors (Lipinski definition) is 1. The first-order chi connectivity index (χ1) is 10.4. The summed E-state index contributed by atoms with van der Waals surface area (Å²) in [6, 6.07) is 9.33. The van der Waals surface area contributed by atoms with Crippen LogP contribution >= 0.6 is 11.8 Å². The van der Waals surface area contributed by atoms with Gasteiger partial charge >= 0.3 is 0 Å². The van der Waals surface area contributed by atoms with E-state index in [0.717, 1.165) is 19.3 Å². The lowest BCUT2D eigenvalue weighted by molar-refractivity contribution is 0.277. The van der Waals surface area contributed by atoms with E-state index in [9.17, 15) is 8.42 Å². The Bertz CT molecular complexity index is 582. The standard InChI is InChI=1S/C16H26N2O2S2/c1-13(12-14-6-4-5-7-16(14)21-2)17-15-8-10-18(11-9-15)22(3,19)20/h4-7,13,15,17H,8-12H2,1-3H3/t13-/m1/s1. The molecule has 1 aliphatic heterocycles. The van der Waals surface area contributed by atoms with Crippen molar-refractivity contribution in [2.45, 2.75) is 43.2 Å². The van der Waals surface area contributed by atoms with Crippen LogP contribution in [0.5, 0.6) is 0 Å². The first-order valence-corrected chi connectivity index (χ1v) is 10.8. The molecule has 1 saturated heterocycles. The third-order valence-electron chi connectivity index (χ3n) is 4.16. The second-order valence-electron chi connectivity index (χ2n) is 6.02. The minimum Gasteiger partial charge on any atom is -0.311 e. The first kappa shape index (κ1) is 17.8.